The van der Waals surface area contributed by atoms with E-state index in [9.17, 15) is 4.79 Å². The van der Waals surface area contributed by atoms with Gasteiger partial charge in [0.05, 0.1) is 20.5 Å². The summed E-state index contributed by atoms with van der Waals surface area (Å²) in [7, 11) is 2.72. The van der Waals surface area contributed by atoms with E-state index in [2.05, 4.69) is 16.2 Å². The van der Waals surface area contributed by atoms with E-state index in [1.165, 1.54) is 20.5 Å². The Balaban J connectivity index is 3.06. The van der Waals surface area contributed by atoms with Gasteiger partial charge in [-0.1, -0.05) is 34.4 Å². The molecule has 0 N–H and O–H groups in total. The van der Waals surface area contributed by atoms with Crippen LogP contribution in [0.15, 0.2) is 40.8 Å². The highest BCUT2D eigenvalue weighted by Crippen LogP contribution is 2.27. The molecular formula is C18H20N2O5. The molecular weight excluding hydrogens is 324 g/mol. The molecule has 0 atom stereocenters. The fourth-order valence-corrected chi connectivity index (χ4v) is 1.63. The molecule has 0 aromatic heterocycles. The van der Waals surface area contributed by atoms with E-state index < -0.39 is 5.97 Å². The second-order valence-corrected chi connectivity index (χ2v) is 4.68. The van der Waals surface area contributed by atoms with Crippen LogP contribution in [0.3, 0.4) is 0 Å². The predicted octanol–water partition coefficient (Wildman–Crippen LogP) is 2.63. The van der Waals surface area contributed by atoms with E-state index in [4.69, 9.17) is 25.6 Å². The summed E-state index contributed by atoms with van der Waals surface area (Å²) in [6, 6.07) is 6.87. The number of terminal acetylenes is 1. The molecule has 0 unspecified atom stereocenters. The van der Waals surface area contributed by atoms with Crippen molar-refractivity contribution in [1.82, 2.24) is 0 Å². The molecule has 0 fully saturated rings. The number of nitrogens with zero attached hydrogens (tertiary/aromatic N) is 2. The van der Waals surface area contributed by atoms with Gasteiger partial charge < -0.3 is 19.1 Å². The lowest BCUT2D eigenvalue weighted by atomic mass is 10.1. The number of benzene rings is 1. The van der Waals surface area contributed by atoms with E-state index in [1.807, 2.05) is 0 Å². The molecule has 0 aliphatic rings. The molecule has 1 aromatic rings. The third kappa shape index (κ3) is 6.03. The highest BCUT2D eigenvalue weighted by molar-refractivity contribution is 6.40. The molecule has 7 heteroatoms. The highest BCUT2D eigenvalue weighted by atomic mass is 16.6. The second-order valence-electron chi connectivity index (χ2n) is 4.68. The molecule has 0 bridgehead atoms. The fourth-order valence-electron chi connectivity index (χ4n) is 1.63. The molecule has 1 rings (SSSR count). The number of methoxy groups -OCH3 is 2. The average molecular weight is 344 g/mol. The summed E-state index contributed by atoms with van der Waals surface area (Å²) in [5.41, 5.74) is 1.68. The van der Waals surface area contributed by atoms with Crippen molar-refractivity contribution in [2.45, 2.75) is 13.8 Å². The number of esters is 1. The minimum absolute atomic E-state index is 0.0681. The molecule has 0 amide bonds. The van der Waals surface area contributed by atoms with Crippen LogP contribution in [0.1, 0.15) is 19.4 Å². The summed E-state index contributed by atoms with van der Waals surface area (Å²) in [6.07, 6.45) is 6.36. The third-order valence-electron chi connectivity index (χ3n) is 2.97. The van der Waals surface area contributed by atoms with Crippen molar-refractivity contribution < 1.29 is 23.9 Å². The van der Waals surface area contributed by atoms with Crippen molar-refractivity contribution in [2.24, 2.45) is 10.3 Å². The van der Waals surface area contributed by atoms with Crippen LogP contribution >= 0.6 is 0 Å². The standard InChI is InChI=1S/C18H20N2O5/c1-6-11-24-19-13(2)14(3)20-25-17-10-8-7-9-15(17)16(12-22-4)18(21)23-5/h1,7-10,12H,11H2,2-5H3/b16-12-,19-13+,20-14+. The zero-order valence-electron chi connectivity index (χ0n) is 14.6. The molecule has 0 aliphatic heterocycles. The van der Waals surface area contributed by atoms with E-state index in [0.29, 0.717) is 22.7 Å². The molecule has 0 saturated carbocycles. The largest absolute Gasteiger partial charge is 0.503 e. The minimum Gasteiger partial charge on any atom is -0.503 e. The van der Waals surface area contributed by atoms with Crippen molar-refractivity contribution >= 4 is 23.0 Å². The summed E-state index contributed by atoms with van der Waals surface area (Å²) in [5, 5.41) is 7.81. The molecule has 0 aliphatic carbocycles. The van der Waals surface area contributed by atoms with Gasteiger partial charge in [-0.05, 0) is 19.9 Å². The van der Waals surface area contributed by atoms with E-state index in [1.54, 1.807) is 38.1 Å². The number of ether oxygens (including phenoxy) is 2. The summed E-state index contributed by atoms with van der Waals surface area (Å²) in [5.74, 6) is 2.10. The Bertz CT molecular complexity index is 729. The van der Waals surface area contributed by atoms with Gasteiger partial charge in [0.1, 0.15) is 17.0 Å². The normalized spacial score (nSPS) is 12.2. The van der Waals surface area contributed by atoms with Gasteiger partial charge in [-0.15, -0.1) is 6.42 Å². The van der Waals surface area contributed by atoms with Crippen molar-refractivity contribution in [3.63, 3.8) is 0 Å². The Morgan fingerprint density at radius 2 is 1.88 bits per heavy atom. The van der Waals surface area contributed by atoms with Gasteiger partial charge >= 0.3 is 5.97 Å². The van der Waals surface area contributed by atoms with Gasteiger partial charge in [0.2, 0.25) is 0 Å². The zero-order chi connectivity index (χ0) is 18.7. The Morgan fingerprint density at radius 3 is 2.52 bits per heavy atom. The molecule has 0 radical (unpaired) electrons. The molecule has 132 valence electrons. The second kappa shape index (κ2) is 10.5. The van der Waals surface area contributed by atoms with Crippen LogP contribution in [0, 0.1) is 12.3 Å². The highest BCUT2D eigenvalue weighted by Gasteiger charge is 2.18. The molecule has 1 aromatic carbocycles. The minimum atomic E-state index is -0.556. The Hall–Kier alpha value is -3.27. The fraction of sp³-hybridized carbons (Fsp3) is 0.278. The quantitative estimate of drug-likeness (QED) is 0.138. The predicted molar refractivity (Wildman–Crippen MR) is 95.1 cm³/mol. The van der Waals surface area contributed by atoms with Gasteiger partial charge in [-0.2, -0.15) is 0 Å². The Labute approximate surface area is 146 Å². The number of hydrogen-bond donors (Lipinski definition) is 0. The van der Waals surface area contributed by atoms with Crippen LogP contribution in [-0.4, -0.2) is 38.2 Å². The summed E-state index contributed by atoms with van der Waals surface area (Å²) >= 11 is 0. The molecule has 7 nitrogen and oxygen atoms in total. The van der Waals surface area contributed by atoms with Crippen LogP contribution in [0.2, 0.25) is 0 Å². The first kappa shape index (κ1) is 19.8. The van der Waals surface area contributed by atoms with Crippen molar-refractivity contribution in [3.05, 3.63) is 36.1 Å². The lowest BCUT2D eigenvalue weighted by Gasteiger charge is -2.10. The van der Waals surface area contributed by atoms with Crippen LogP contribution in [0.25, 0.3) is 5.57 Å². The monoisotopic (exact) mass is 344 g/mol. The summed E-state index contributed by atoms with van der Waals surface area (Å²) in [4.78, 5) is 22.3. The number of carbonyl (C=O) groups is 1. The van der Waals surface area contributed by atoms with Crippen LogP contribution < -0.4 is 4.84 Å². The van der Waals surface area contributed by atoms with Gasteiger partial charge in [0.15, 0.2) is 12.4 Å². The van der Waals surface area contributed by atoms with Crippen molar-refractivity contribution in [3.8, 4) is 18.1 Å². The van der Waals surface area contributed by atoms with Gasteiger partial charge in [-0.3, -0.25) is 0 Å². The molecule has 0 saturated heterocycles. The lowest BCUT2D eigenvalue weighted by molar-refractivity contribution is -0.133. The Morgan fingerprint density at radius 1 is 1.20 bits per heavy atom. The van der Waals surface area contributed by atoms with Gasteiger partial charge in [0.25, 0.3) is 0 Å². The van der Waals surface area contributed by atoms with Crippen LogP contribution in [-0.2, 0) is 19.1 Å². The maximum atomic E-state index is 11.9. The number of para-hydroxylation sites is 1. The van der Waals surface area contributed by atoms with Crippen LogP contribution in [0.4, 0.5) is 0 Å². The number of carbonyl (C=O) groups excluding carboxylic acids is 1. The lowest BCUT2D eigenvalue weighted by Crippen LogP contribution is -2.09. The first-order valence-corrected chi connectivity index (χ1v) is 7.27. The molecule has 25 heavy (non-hydrogen) atoms. The van der Waals surface area contributed by atoms with Crippen molar-refractivity contribution in [2.75, 3.05) is 20.8 Å². The topological polar surface area (TPSA) is 78.7 Å². The Kier molecular flexibility index (Phi) is 8.30. The van der Waals surface area contributed by atoms with Crippen molar-refractivity contribution in [1.29, 1.82) is 0 Å². The number of rotatable bonds is 8. The molecule has 0 heterocycles. The first-order chi connectivity index (χ1) is 12.0. The van der Waals surface area contributed by atoms with Gasteiger partial charge in [0, 0.05) is 5.56 Å². The summed E-state index contributed by atoms with van der Waals surface area (Å²) < 4.78 is 9.71. The zero-order valence-corrected chi connectivity index (χ0v) is 14.6. The third-order valence-corrected chi connectivity index (χ3v) is 2.97. The summed E-state index contributed by atoms with van der Waals surface area (Å²) in [6.45, 7) is 3.47. The van der Waals surface area contributed by atoms with Crippen LogP contribution in [0.5, 0.6) is 5.75 Å². The van der Waals surface area contributed by atoms with E-state index in [-0.39, 0.29) is 12.2 Å². The smallest absolute Gasteiger partial charge is 0.341 e. The van der Waals surface area contributed by atoms with E-state index in [0.717, 1.165) is 0 Å². The number of hydrogen-bond acceptors (Lipinski definition) is 7. The average Bonchev–Trinajstić information content (AvgIpc) is 2.64. The first-order valence-electron chi connectivity index (χ1n) is 7.27. The molecule has 0 spiro atoms. The number of oxime groups is 2. The van der Waals surface area contributed by atoms with E-state index >= 15 is 0 Å². The van der Waals surface area contributed by atoms with Gasteiger partial charge in [-0.25, -0.2) is 4.79 Å². The maximum Gasteiger partial charge on any atom is 0.341 e. The maximum absolute atomic E-state index is 11.9. The SMILES string of the molecule is C#CCO/N=C(C)/C(C)=N/Oc1ccccc1/C(=C/OC)C(=O)OC.